The number of hydrogen-bond donors (Lipinski definition) is 2. The lowest BCUT2D eigenvalue weighted by atomic mass is 9.91. The van der Waals surface area contributed by atoms with Crippen LogP contribution in [0.15, 0.2) is 60.7 Å². The summed E-state index contributed by atoms with van der Waals surface area (Å²) in [5.41, 5.74) is 2.58. The van der Waals surface area contributed by atoms with Gasteiger partial charge in [-0.2, -0.15) is 0 Å². The molecule has 3 atom stereocenters. The molecule has 1 heterocycles. The fraction of sp³-hybridized carbons (Fsp3) is 0.462. The Balaban J connectivity index is 1.86. The maximum Gasteiger partial charge on any atom is 0.408 e. The average Bonchev–Trinajstić information content (AvgIpc) is 3.07. The highest BCUT2D eigenvalue weighted by Crippen LogP contribution is 2.33. The summed E-state index contributed by atoms with van der Waals surface area (Å²) in [5, 5.41) is 5.84. The third kappa shape index (κ3) is 5.91. The lowest BCUT2D eigenvalue weighted by Gasteiger charge is -2.37. The number of ether oxygens (including phenoxy) is 1. The van der Waals surface area contributed by atoms with Gasteiger partial charge in [0.05, 0.1) is 18.6 Å². The van der Waals surface area contributed by atoms with Crippen LogP contribution in [0.25, 0.3) is 0 Å². The van der Waals surface area contributed by atoms with Crippen LogP contribution >= 0.6 is 0 Å². The first kappa shape index (κ1) is 25.6. The molecule has 1 aromatic rings. The van der Waals surface area contributed by atoms with Gasteiger partial charge in [-0.25, -0.2) is 13.6 Å². The molecule has 8 heteroatoms. The molecule has 1 aliphatic heterocycles. The number of carbonyl (C=O) groups is 2. The number of alkyl halides is 2. The van der Waals surface area contributed by atoms with Crippen molar-refractivity contribution in [1.29, 1.82) is 0 Å². The van der Waals surface area contributed by atoms with E-state index in [2.05, 4.69) is 23.8 Å². The Hall–Kier alpha value is -3.00. The summed E-state index contributed by atoms with van der Waals surface area (Å²) in [6, 6.07) is 5.47. The number of alkyl carbamates (subject to hydrolysis) is 1. The molecule has 0 radical (unpaired) electrons. The van der Waals surface area contributed by atoms with Crippen LogP contribution in [0.3, 0.4) is 0 Å². The van der Waals surface area contributed by atoms with Crippen molar-refractivity contribution in [1.82, 2.24) is 15.5 Å². The second-order valence-electron chi connectivity index (χ2n) is 9.57. The number of benzene rings is 1. The van der Waals surface area contributed by atoms with Gasteiger partial charge in [-0.05, 0) is 55.9 Å². The normalized spacial score (nSPS) is 22.8. The van der Waals surface area contributed by atoms with Crippen molar-refractivity contribution in [3.63, 3.8) is 0 Å². The molecule has 0 spiro atoms. The highest BCUT2D eigenvalue weighted by molar-refractivity contribution is 5.84. The monoisotopic (exact) mass is 473 g/mol. The third-order valence-corrected chi connectivity index (χ3v) is 6.02. The predicted molar refractivity (Wildman–Crippen MR) is 128 cm³/mol. The smallest absolute Gasteiger partial charge is 0.408 e. The van der Waals surface area contributed by atoms with Crippen molar-refractivity contribution in [3.05, 3.63) is 71.8 Å². The van der Waals surface area contributed by atoms with Crippen LogP contribution in [0.1, 0.15) is 44.4 Å². The number of halogens is 2. The Morgan fingerprint density at radius 3 is 2.53 bits per heavy atom. The minimum absolute atomic E-state index is 0.359. The molecule has 6 nitrogen and oxygen atoms in total. The molecule has 0 aromatic heterocycles. The van der Waals surface area contributed by atoms with Gasteiger partial charge >= 0.3 is 6.09 Å². The van der Waals surface area contributed by atoms with Gasteiger partial charge in [-0.1, -0.05) is 49.6 Å². The molecule has 2 unspecified atom stereocenters. The average molecular weight is 474 g/mol. The van der Waals surface area contributed by atoms with E-state index in [1.807, 2.05) is 18.2 Å². The van der Waals surface area contributed by atoms with Crippen LogP contribution in [0.5, 0.6) is 0 Å². The van der Waals surface area contributed by atoms with Gasteiger partial charge in [0.1, 0.15) is 11.6 Å². The molecule has 0 fully saturated rings. The Morgan fingerprint density at radius 1 is 1.21 bits per heavy atom. The minimum Gasteiger partial charge on any atom is -0.444 e. The van der Waals surface area contributed by atoms with Crippen LogP contribution in [-0.2, 0) is 16.0 Å². The first-order valence-corrected chi connectivity index (χ1v) is 11.4. The summed E-state index contributed by atoms with van der Waals surface area (Å²) < 4.78 is 32.0. The predicted octanol–water partition coefficient (Wildman–Crippen LogP) is 4.30. The SMILES string of the molecule is C=CC1=C(C=C)C(NC(=O)OC(C)(C)C)[C@@H](NC(=O)C2c3ccccc3CCN2CC(F)F)C1. The van der Waals surface area contributed by atoms with Crippen molar-refractivity contribution < 1.29 is 23.1 Å². The molecule has 2 N–H and O–H groups in total. The first-order chi connectivity index (χ1) is 16.0. The molecule has 0 saturated carbocycles. The Bertz CT molecular complexity index is 984. The number of rotatable bonds is 7. The molecule has 0 bridgehead atoms. The van der Waals surface area contributed by atoms with E-state index in [9.17, 15) is 18.4 Å². The Labute approximate surface area is 199 Å². The maximum absolute atomic E-state index is 13.5. The van der Waals surface area contributed by atoms with E-state index in [-0.39, 0.29) is 5.91 Å². The molecule has 0 saturated heterocycles. The maximum atomic E-state index is 13.5. The molecule has 3 rings (SSSR count). The second kappa shape index (κ2) is 10.5. The summed E-state index contributed by atoms with van der Waals surface area (Å²) in [7, 11) is 0. The van der Waals surface area contributed by atoms with Crippen molar-refractivity contribution in [3.8, 4) is 0 Å². The van der Waals surface area contributed by atoms with Gasteiger partial charge in [0.25, 0.3) is 6.43 Å². The van der Waals surface area contributed by atoms with Crippen molar-refractivity contribution in [2.75, 3.05) is 13.1 Å². The number of hydrogen-bond acceptors (Lipinski definition) is 4. The Kier molecular flexibility index (Phi) is 7.92. The van der Waals surface area contributed by atoms with Gasteiger partial charge < -0.3 is 15.4 Å². The van der Waals surface area contributed by atoms with Gasteiger partial charge in [0.2, 0.25) is 5.91 Å². The summed E-state index contributed by atoms with van der Waals surface area (Å²) in [4.78, 5) is 27.6. The van der Waals surface area contributed by atoms with E-state index in [1.165, 1.54) is 4.90 Å². The summed E-state index contributed by atoms with van der Waals surface area (Å²) in [5.74, 6) is -0.387. The zero-order chi connectivity index (χ0) is 25.0. The van der Waals surface area contributed by atoms with Crippen LogP contribution in [-0.4, -0.2) is 54.1 Å². The topological polar surface area (TPSA) is 70.7 Å². The van der Waals surface area contributed by atoms with Gasteiger partial charge in [0, 0.05) is 6.54 Å². The van der Waals surface area contributed by atoms with Crippen LogP contribution in [0.4, 0.5) is 13.6 Å². The lowest BCUT2D eigenvalue weighted by molar-refractivity contribution is -0.128. The number of allylic oxidation sites excluding steroid dienone is 1. The van der Waals surface area contributed by atoms with Crippen LogP contribution < -0.4 is 10.6 Å². The minimum atomic E-state index is -2.56. The van der Waals surface area contributed by atoms with Crippen molar-refractivity contribution in [2.45, 2.75) is 63.8 Å². The van der Waals surface area contributed by atoms with Crippen molar-refractivity contribution in [2.24, 2.45) is 0 Å². The molecular weight excluding hydrogens is 440 g/mol. The second-order valence-corrected chi connectivity index (χ2v) is 9.57. The number of nitrogens with one attached hydrogen (secondary N) is 2. The third-order valence-electron chi connectivity index (χ3n) is 6.02. The molecule has 2 amide bonds. The lowest BCUT2D eigenvalue weighted by Crippen LogP contribution is -2.54. The van der Waals surface area contributed by atoms with E-state index in [1.54, 1.807) is 39.0 Å². The summed E-state index contributed by atoms with van der Waals surface area (Å²) >= 11 is 0. The van der Waals surface area contributed by atoms with E-state index >= 15 is 0 Å². The number of nitrogens with zero attached hydrogens (tertiary/aromatic N) is 1. The number of carbonyl (C=O) groups excluding carboxylic acids is 2. The van der Waals surface area contributed by atoms with Gasteiger partial charge in [-0.15, -0.1) is 0 Å². The van der Waals surface area contributed by atoms with Crippen LogP contribution in [0, 0.1) is 0 Å². The van der Waals surface area contributed by atoms with E-state index < -0.39 is 42.8 Å². The zero-order valence-corrected chi connectivity index (χ0v) is 19.9. The van der Waals surface area contributed by atoms with E-state index in [0.29, 0.717) is 19.4 Å². The highest BCUT2D eigenvalue weighted by Gasteiger charge is 2.39. The standard InChI is InChI=1S/C26H33F2N3O3/c1-6-16-14-20(22(18(16)7-2)30-25(33)34-26(3,4)5)29-24(32)23-19-11-9-8-10-17(19)12-13-31(23)15-21(27)28/h6-11,20-23H,1-2,12-15H2,3-5H3,(H,29,32)(H,30,33)/t20-,22?,23?/m0/s1. The number of fused-ring (bicyclic) bond motifs is 1. The van der Waals surface area contributed by atoms with Crippen LogP contribution in [0.2, 0.25) is 0 Å². The first-order valence-electron chi connectivity index (χ1n) is 11.4. The fourth-order valence-electron chi connectivity index (χ4n) is 4.66. The quantitative estimate of drug-likeness (QED) is 0.620. The largest absolute Gasteiger partial charge is 0.444 e. The summed E-state index contributed by atoms with van der Waals surface area (Å²) in [6.07, 6.45) is 1.14. The van der Waals surface area contributed by atoms with Gasteiger partial charge in [-0.3, -0.25) is 9.69 Å². The van der Waals surface area contributed by atoms with Gasteiger partial charge in [0.15, 0.2) is 0 Å². The zero-order valence-electron chi connectivity index (χ0n) is 19.9. The Morgan fingerprint density at radius 2 is 1.91 bits per heavy atom. The molecule has 1 aromatic carbocycles. The van der Waals surface area contributed by atoms with Crippen molar-refractivity contribution >= 4 is 12.0 Å². The van der Waals surface area contributed by atoms with E-state index in [4.69, 9.17) is 4.74 Å². The number of amides is 2. The molecule has 184 valence electrons. The molecule has 1 aliphatic carbocycles. The molecule has 34 heavy (non-hydrogen) atoms. The highest BCUT2D eigenvalue weighted by atomic mass is 19.3. The molecule has 2 aliphatic rings. The van der Waals surface area contributed by atoms with E-state index in [0.717, 1.165) is 22.3 Å². The fourth-order valence-corrected chi connectivity index (χ4v) is 4.66. The summed E-state index contributed by atoms with van der Waals surface area (Å²) in [6.45, 7) is 12.8. The molecular formula is C26H33F2N3O3.